The normalized spacial score (nSPS) is 7.09. The topological polar surface area (TPSA) is 83.5 Å². The molecule has 0 aromatic carbocycles. The first kappa shape index (κ1) is 22.7. The van der Waals surface area contributed by atoms with Crippen LogP contribution in [0.4, 0.5) is 0 Å². The van der Waals surface area contributed by atoms with Crippen molar-refractivity contribution in [2.45, 2.75) is 0 Å². The molecule has 0 saturated carbocycles. The van der Waals surface area contributed by atoms with E-state index in [2.05, 4.69) is 0 Å². The highest BCUT2D eigenvalue weighted by molar-refractivity contribution is 8.76. The molecule has 3 nitrogen and oxygen atoms in total. The Labute approximate surface area is 87.9 Å². The Morgan fingerprint density at radius 1 is 0.818 bits per heavy atom. The Hall–Kier alpha value is 1.16. The molecular formula is C4H16Cl2N2OS2. The van der Waals surface area contributed by atoms with E-state index in [1.165, 1.54) is 0 Å². The lowest BCUT2D eigenvalue weighted by Gasteiger charge is -1.93. The summed E-state index contributed by atoms with van der Waals surface area (Å²) in [6, 6.07) is 0. The zero-order valence-corrected chi connectivity index (χ0v) is 9.38. The van der Waals surface area contributed by atoms with Crippen LogP contribution in [0, 0.1) is 0 Å². The third-order valence-electron chi connectivity index (χ3n) is 0.486. The van der Waals surface area contributed by atoms with Crippen molar-refractivity contribution in [2.75, 3.05) is 24.6 Å². The monoisotopic (exact) mass is 242 g/mol. The van der Waals surface area contributed by atoms with E-state index < -0.39 is 0 Å². The van der Waals surface area contributed by atoms with Crippen LogP contribution < -0.4 is 11.5 Å². The van der Waals surface area contributed by atoms with Crippen LogP contribution in [0.25, 0.3) is 0 Å². The van der Waals surface area contributed by atoms with Gasteiger partial charge in [0.1, 0.15) is 0 Å². The SMILES string of the molecule is Cl.Cl.NCCSSCCN.O. The van der Waals surface area contributed by atoms with Crippen LogP contribution in [0.1, 0.15) is 0 Å². The minimum Gasteiger partial charge on any atom is -0.412 e. The zero-order valence-electron chi connectivity index (χ0n) is 6.12. The van der Waals surface area contributed by atoms with Gasteiger partial charge in [0.05, 0.1) is 0 Å². The fraction of sp³-hybridized carbons (Fsp3) is 1.00. The number of rotatable bonds is 5. The van der Waals surface area contributed by atoms with E-state index in [9.17, 15) is 0 Å². The zero-order chi connectivity index (χ0) is 6.24. The molecule has 0 saturated heterocycles. The lowest BCUT2D eigenvalue weighted by molar-refractivity contribution is 0.824. The van der Waals surface area contributed by atoms with E-state index >= 15 is 0 Å². The predicted molar refractivity (Wildman–Crippen MR) is 61.1 cm³/mol. The highest BCUT2D eigenvalue weighted by Gasteiger charge is 1.84. The maximum Gasteiger partial charge on any atom is 0.0160 e. The van der Waals surface area contributed by atoms with Crippen molar-refractivity contribution in [3.63, 3.8) is 0 Å². The van der Waals surface area contributed by atoms with Gasteiger partial charge in [-0.2, -0.15) is 0 Å². The van der Waals surface area contributed by atoms with E-state index in [0.717, 1.165) is 24.6 Å². The number of hydrogen-bond donors (Lipinski definition) is 2. The van der Waals surface area contributed by atoms with Gasteiger partial charge in [-0.25, -0.2) is 0 Å². The minimum atomic E-state index is 0. The first-order valence-electron chi connectivity index (χ1n) is 2.56. The summed E-state index contributed by atoms with van der Waals surface area (Å²) >= 11 is 0. The molecule has 0 unspecified atom stereocenters. The second kappa shape index (κ2) is 22.5. The van der Waals surface area contributed by atoms with Crippen LogP contribution in [0.15, 0.2) is 0 Å². The fourth-order valence-electron chi connectivity index (χ4n) is 0.214. The van der Waals surface area contributed by atoms with Crippen molar-refractivity contribution in [1.82, 2.24) is 0 Å². The quantitative estimate of drug-likeness (QED) is 0.537. The molecule has 0 radical (unpaired) electrons. The molecule has 74 valence electrons. The molecule has 0 rings (SSSR count). The van der Waals surface area contributed by atoms with Crippen LogP contribution in [0.3, 0.4) is 0 Å². The molecule has 11 heavy (non-hydrogen) atoms. The van der Waals surface area contributed by atoms with Gasteiger partial charge in [0.2, 0.25) is 0 Å². The number of halogens is 2. The second-order valence-corrected chi connectivity index (χ2v) is 3.92. The Morgan fingerprint density at radius 2 is 1.09 bits per heavy atom. The highest BCUT2D eigenvalue weighted by Crippen LogP contribution is 2.18. The van der Waals surface area contributed by atoms with E-state index in [1.807, 2.05) is 0 Å². The van der Waals surface area contributed by atoms with Gasteiger partial charge in [-0.1, -0.05) is 21.6 Å². The number of hydrogen-bond acceptors (Lipinski definition) is 4. The van der Waals surface area contributed by atoms with E-state index in [4.69, 9.17) is 11.5 Å². The summed E-state index contributed by atoms with van der Waals surface area (Å²) in [5.41, 5.74) is 10.5. The van der Waals surface area contributed by atoms with Gasteiger partial charge in [0, 0.05) is 24.6 Å². The second-order valence-electron chi connectivity index (χ2n) is 1.22. The molecule has 7 heteroatoms. The van der Waals surface area contributed by atoms with Crippen molar-refractivity contribution >= 4 is 46.4 Å². The summed E-state index contributed by atoms with van der Waals surface area (Å²) in [4.78, 5) is 0. The van der Waals surface area contributed by atoms with Gasteiger partial charge in [-0.15, -0.1) is 24.8 Å². The molecule has 0 heterocycles. The average molecular weight is 243 g/mol. The van der Waals surface area contributed by atoms with Gasteiger partial charge >= 0.3 is 0 Å². The van der Waals surface area contributed by atoms with Gasteiger partial charge < -0.3 is 16.9 Å². The summed E-state index contributed by atoms with van der Waals surface area (Å²) in [5.74, 6) is 2.06. The summed E-state index contributed by atoms with van der Waals surface area (Å²) in [6.45, 7) is 1.53. The molecule has 0 fully saturated rings. The molecule has 6 N–H and O–H groups in total. The Bertz CT molecular complexity index is 49.1. The molecule has 0 aliphatic rings. The maximum absolute atomic E-state index is 5.25. The molecule has 0 amide bonds. The van der Waals surface area contributed by atoms with Gasteiger partial charge in [0.25, 0.3) is 0 Å². The Kier molecular flexibility index (Phi) is 46.5. The first-order chi connectivity index (χ1) is 3.91. The number of nitrogens with two attached hydrogens (primary N) is 2. The highest BCUT2D eigenvalue weighted by atomic mass is 35.5. The standard InChI is InChI=1S/C4H12N2S2.2ClH.H2O/c5-1-3-7-8-4-2-6;;;/h1-6H2;2*1H;1H2. The molecule has 0 aliphatic heterocycles. The van der Waals surface area contributed by atoms with E-state index in [0.29, 0.717) is 0 Å². The predicted octanol–water partition coefficient (Wildman–Crippen LogP) is 0.304. The van der Waals surface area contributed by atoms with Crippen LogP contribution in [-0.4, -0.2) is 30.1 Å². The van der Waals surface area contributed by atoms with Crippen LogP contribution in [0.5, 0.6) is 0 Å². The van der Waals surface area contributed by atoms with Crippen molar-refractivity contribution in [2.24, 2.45) is 11.5 Å². The van der Waals surface area contributed by atoms with Crippen LogP contribution in [0.2, 0.25) is 0 Å². The maximum atomic E-state index is 5.25. The van der Waals surface area contributed by atoms with Crippen LogP contribution in [-0.2, 0) is 0 Å². The Morgan fingerprint density at radius 3 is 1.27 bits per heavy atom. The third kappa shape index (κ3) is 24.7. The lowest BCUT2D eigenvalue weighted by Crippen LogP contribution is -2.02. The minimum absolute atomic E-state index is 0. The summed E-state index contributed by atoms with van der Waals surface area (Å²) in [7, 11) is 3.58. The lowest BCUT2D eigenvalue weighted by atomic mass is 10.8. The largest absolute Gasteiger partial charge is 0.412 e. The van der Waals surface area contributed by atoms with Crippen LogP contribution >= 0.6 is 46.4 Å². The van der Waals surface area contributed by atoms with Crippen molar-refractivity contribution in [3.8, 4) is 0 Å². The smallest absolute Gasteiger partial charge is 0.0160 e. The van der Waals surface area contributed by atoms with Gasteiger partial charge in [-0.05, 0) is 0 Å². The van der Waals surface area contributed by atoms with Gasteiger partial charge in [-0.3, -0.25) is 0 Å². The molecular weight excluding hydrogens is 227 g/mol. The molecule has 0 aromatic rings. The molecule has 0 atom stereocenters. The first-order valence-corrected chi connectivity index (χ1v) is 5.05. The van der Waals surface area contributed by atoms with Crippen molar-refractivity contribution in [1.29, 1.82) is 0 Å². The van der Waals surface area contributed by atoms with Gasteiger partial charge in [0.15, 0.2) is 0 Å². The molecule has 0 spiro atoms. The molecule has 0 aromatic heterocycles. The van der Waals surface area contributed by atoms with E-state index in [-0.39, 0.29) is 30.3 Å². The average Bonchev–Trinajstić information content (AvgIpc) is 1.81. The summed E-state index contributed by atoms with van der Waals surface area (Å²) in [5, 5.41) is 0. The molecule has 0 aliphatic carbocycles. The summed E-state index contributed by atoms with van der Waals surface area (Å²) < 4.78 is 0. The third-order valence-corrected chi connectivity index (χ3v) is 2.96. The van der Waals surface area contributed by atoms with E-state index in [1.54, 1.807) is 21.6 Å². The van der Waals surface area contributed by atoms with Crippen molar-refractivity contribution < 1.29 is 5.48 Å². The summed E-state index contributed by atoms with van der Waals surface area (Å²) in [6.07, 6.45) is 0. The van der Waals surface area contributed by atoms with Crippen molar-refractivity contribution in [3.05, 3.63) is 0 Å². The Balaban J connectivity index is -0.0000000817. The fourth-order valence-corrected chi connectivity index (χ4v) is 1.93. The molecule has 0 bridgehead atoms.